The van der Waals surface area contributed by atoms with Crippen LogP contribution < -0.4 is 38.5 Å². The molecule has 0 radical (unpaired) electrons. The third kappa shape index (κ3) is 4.90. The van der Waals surface area contributed by atoms with Gasteiger partial charge in [0, 0.05) is 28.8 Å². The first-order chi connectivity index (χ1) is 20.2. The molecular weight excluding hydrogens is 555 g/mol. The first kappa shape index (κ1) is 29.2. The van der Waals surface area contributed by atoms with Crippen LogP contribution in [0.5, 0.6) is 40.2 Å². The van der Waals surface area contributed by atoms with Gasteiger partial charge in [-0.2, -0.15) is 0 Å². The second kappa shape index (κ2) is 11.5. The van der Waals surface area contributed by atoms with Crippen LogP contribution in [-0.4, -0.2) is 55.2 Å². The van der Waals surface area contributed by atoms with Crippen LogP contribution in [-0.2, 0) is 4.57 Å². The van der Waals surface area contributed by atoms with Crippen LogP contribution in [0, 0.1) is 0 Å². The third-order valence-electron chi connectivity index (χ3n) is 7.67. The van der Waals surface area contributed by atoms with Crippen LogP contribution in [0.4, 0.5) is 0 Å². The first-order valence-corrected chi connectivity index (χ1v) is 15.6. The molecule has 220 valence electrons. The van der Waals surface area contributed by atoms with Crippen molar-refractivity contribution in [1.29, 1.82) is 0 Å². The second-order valence-corrected chi connectivity index (χ2v) is 13.1. The van der Waals surface area contributed by atoms with Crippen LogP contribution in [0.15, 0.2) is 60.7 Å². The molecule has 2 atom stereocenters. The molecule has 1 aliphatic rings. The summed E-state index contributed by atoms with van der Waals surface area (Å²) >= 11 is 0. The van der Waals surface area contributed by atoms with Gasteiger partial charge in [0.1, 0.15) is 40.2 Å². The van der Waals surface area contributed by atoms with Gasteiger partial charge in [-0.05, 0) is 61.1 Å². The summed E-state index contributed by atoms with van der Waals surface area (Å²) in [6, 6.07) is 18.9. The zero-order valence-electron chi connectivity index (χ0n) is 25.1. The number of rotatable bonds is 9. The average Bonchev–Trinajstić information content (AvgIpc) is 3.26. The largest absolute Gasteiger partial charge is 0.497 e. The predicted molar refractivity (Wildman–Crippen MR) is 165 cm³/mol. The molecule has 0 bridgehead atoms. The molecular formula is C33H35O8P. The maximum absolute atomic E-state index is 14.1. The fourth-order valence-electron chi connectivity index (χ4n) is 5.41. The van der Waals surface area contributed by atoms with Gasteiger partial charge in [0.05, 0.1) is 53.5 Å². The molecule has 0 fully saturated rings. The van der Waals surface area contributed by atoms with Gasteiger partial charge >= 0.3 is 0 Å². The Balaban J connectivity index is 1.96. The highest BCUT2D eigenvalue weighted by Gasteiger charge is 2.41. The van der Waals surface area contributed by atoms with Crippen LogP contribution in [0.2, 0.25) is 0 Å². The molecule has 0 aromatic heterocycles. The van der Waals surface area contributed by atoms with Crippen LogP contribution in [0.3, 0.4) is 0 Å². The lowest BCUT2D eigenvalue weighted by Crippen LogP contribution is -2.10. The molecule has 4 aromatic carbocycles. The average molecular weight is 591 g/mol. The van der Waals surface area contributed by atoms with Crippen molar-refractivity contribution in [2.75, 3.05) is 49.3 Å². The molecule has 0 N–H and O–H groups in total. The van der Waals surface area contributed by atoms with Crippen molar-refractivity contribution >= 4 is 12.4 Å². The molecule has 42 heavy (non-hydrogen) atoms. The molecule has 5 rings (SSSR count). The molecule has 0 saturated carbocycles. The van der Waals surface area contributed by atoms with Crippen molar-refractivity contribution < 1.29 is 37.7 Å². The number of ether oxygens (including phenoxy) is 7. The van der Waals surface area contributed by atoms with Gasteiger partial charge in [-0.15, -0.1) is 0 Å². The molecule has 9 heteroatoms. The minimum Gasteiger partial charge on any atom is -0.497 e. The van der Waals surface area contributed by atoms with Crippen LogP contribution >= 0.6 is 7.14 Å². The highest BCUT2D eigenvalue weighted by molar-refractivity contribution is 7.72. The lowest BCUT2D eigenvalue weighted by Gasteiger charge is -2.23. The quantitative estimate of drug-likeness (QED) is 0.191. The Morgan fingerprint density at radius 3 is 1.48 bits per heavy atom. The van der Waals surface area contributed by atoms with Crippen molar-refractivity contribution in [2.24, 2.45) is 0 Å². The van der Waals surface area contributed by atoms with E-state index in [4.69, 9.17) is 33.2 Å². The van der Waals surface area contributed by atoms with E-state index in [1.54, 1.807) is 49.3 Å². The number of benzene rings is 4. The monoisotopic (exact) mass is 590 g/mol. The van der Waals surface area contributed by atoms with E-state index >= 15 is 0 Å². The summed E-state index contributed by atoms with van der Waals surface area (Å²) in [5.74, 6) is 3.68. The van der Waals surface area contributed by atoms with Gasteiger partial charge in [-0.3, -0.25) is 0 Å². The van der Waals surface area contributed by atoms with E-state index in [0.29, 0.717) is 56.7 Å². The Morgan fingerprint density at radius 2 is 1.07 bits per heavy atom. The van der Waals surface area contributed by atoms with E-state index in [1.165, 1.54) is 0 Å². The Morgan fingerprint density at radius 1 is 0.619 bits per heavy atom. The lowest BCUT2D eigenvalue weighted by atomic mass is 9.90. The van der Waals surface area contributed by atoms with Gasteiger partial charge in [0.15, 0.2) is 13.0 Å². The van der Waals surface area contributed by atoms with Crippen molar-refractivity contribution in [3.8, 4) is 73.6 Å². The number of hydrogen-bond donors (Lipinski definition) is 0. The zero-order chi connectivity index (χ0) is 30.2. The van der Waals surface area contributed by atoms with Gasteiger partial charge in [-0.1, -0.05) is 12.1 Å². The highest BCUT2D eigenvalue weighted by atomic mass is 31.2. The molecule has 1 unspecified atom stereocenters. The summed E-state index contributed by atoms with van der Waals surface area (Å²) in [6.45, 7) is 3.60. The van der Waals surface area contributed by atoms with E-state index in [9.17, 15) is 4.57 Å². The van der Waals surface area contributed by atoms with Crippen molar-refractivity contribution in [2.45, 2.75) is 12.8 Å². The Hall–Kier alpha value is -4.29. The first-order valence-electron chi connectivity index (χ1n) is 13.3. The summed E-state index contributed by atoms with van der Waals surface area (Å²) in [7, 11) is 6.73. The van der Waals surface area contributed by atoms with Gasteiger partial charge < -0.3 is 37.7 Å². The minimum absolute atomic E-state index is 0.460. The predicted octanol–water partition coefficient (Wildman–Crippen LogP) is 7.10. The lowest BCUT2D eigenvalue weighted by molar-refractivity contribution is 0.308. The molecule has 1 aliphatic heterocycles. The second-order valence-electron chi connectivity index (χ2n) is 9.98. The van der Waals surface area contributed by atoms with Crippen molar-refractivity contribution in [3.05, 3.63) is 60.7 Å². The smallest absolute Gasteiger partial charge is 0.155 e. The van der Waals surface area contributed by atoms with Crippen LogP contribution in [0.1, 0.15) is 6.92 Å². The molecule has 0 saturated heterocycles. The van der Waals surface area contributed by atoms with Crippen molar-refractivity contribution in [3.63, 3.8) is 0 Å². The standard InChI is InChI=1S/C33H35O8P/c1-19-41-29-11-9-10-26(33(29)42(19,8)34)30-31(39-6)27(20-12-22(35-2)16-23(13-20)36-3)18-28(32(30)40-7)21-14-24(37-4)17-25(15-21)38-5/h9-19H,1-8H3/t19-,42?/m0/s1. The van der Waals surface area contributed by atoms with E-state index < -0.39 is 13.0 Å². The van der Waals surface area contributed by atoms with Crippen LogP contribution in [0.25, 0.3) is 33.4 Å². The topological polar surface area (TPSA) is 81.7 Å². The molecule has 1 heterocycles. The fourth-order valence-corrected chi connectivity index (χ4v) is 7.32. The Bertz CT molecular complexity index is 1570. The summed E-state index contributed by atoms with van der Waals surface area (Å²) in [4.78, 5) is 0. The van der Waals surface area contributed by atoms with Crippen molar-refractivity contribution in [1.82, 2.24) is 0 Å². The van der Waals surface area contributed by atoms with Gasteiger partial charge in [-0.25, -0.2) is 0 Å². The molecule has 0 amide bonds. The third-order valence-corrected chi connectivity index (χ3v) is 10.5. The summed E-state index contributed by atoms with van der Waals surface area (Å²) in [6.07, 6.45) is 0. The zero-order valence-corrected chi connectivity index (χ0v) is 26.0. The minimum atomic E-state index is -2.93. The summed E-state index contributed by atoms with van der Waals surface area (Å²) in [5.41, 5.74) is 4.44. The normalized spacial score (nSPS) is 17.2. The number of fused-ring (bicyclic) bond motifs is 1. The van der Waals surface area contributed by atoms with E-state index in [1.807, 2.05) is 67.6 Å². The van der Waals surface area contributed by atoms with E-state index in [0.717, 1.165) is 22.3 Å². The Labute approximate surface area is 246 Å². The van der Waals surface area contributed by atoms with Gasteiger partial charge in [0.2, 0.25) is 0 Å². The number of hydrogen-bond acceptors (Lipinski definition) is 8. The maximum Gasteiger partial charge on any atom is 0.155 e. The molecule has 8 nitrogen and oxygen atoms in total. The summed E-state index contributed by atoms with van der Waals surface area (Å²) in [5, 5.41) is 0.656. The fraction of sp³-hybridized carbons (Fsp3) is 0.273. The molecule has 0 aliphatic carbocycles. The van der Waals surface area contributed by atoms with E-state index in [2.05, 4.69) is 0 Å². The Kier molecular flexibility index (Phi) is 8.02. The molecule has 4 aromatic rings. The summed E-state index contributed by atoms with van der Waals surface area (Å²) < 4.78 is 54.9. The molecule has 0 spiro atoms. The maximum atomic E-state index is 14.1. The SMILES string of the molecule is COc1cc(OC)cc(-c2cc(-c3cc(OC)cc(OC)c3)c(OC)c(-c3cccc4c3P(C)(=O)[C@@H](C)O4)c2OC)c1. The van der Waals surface area contributed by atoms with Gasteiger partial charge in [0.25, 0.3) is 0 Å². The van der Waals surface area contributed by atoms with E-state index in [-0.39, 0.29) is 0 Å². The highest BCUT2D eigenvalue weighted by Crippen LogP contribution is 2.59. The number of methoxy groups -OCH3 is 6.